The number of aryl methyl sites for hydroxylation is 1. The van der Waals surface area contributed by atoms with Crippen molar-refractivity contribution in [1.82, 2.24) is 4.98 Å². The lowest BCUT2D eigenvalue weighted by atomic mass is 9.81. The second-order valence-corrected chi connectivity index (χ2v) is 8.05. The van der Waals surface area contributed by atoms with Crippen molar-refractivity contribution in [2.45, 2.75) is 12.8 Å². The highest BCUT2D eigenvalue weighted by Crippen LogP contribution is 2.43. The number of ether oxygens (including phenoxy) is 2. The number of anilines is 1. The number of esters is 2. The van der Waals surface area contributed by atoms with Crippen molar-refractivity contribution in [3.05, 3.63) is 107 Å². The number of carbonyl (C=O) groups is 2. The van der Waals surface area contributed by atoms with E-state index in [1.165, 1.54) is 19.1 Å². The molecule has 3 aromatic rings. The van der Waals surface area contributed by atoms with E-state index < -0.39 is 17.9 Å². The standard InChI is InChI=1S/C28H24N4O4/c1-17-8-7-15-31-24(17)19-11-13-20(14-12-19)32-25(28(34)36-3)23(27(33)35-2)22(21(16-29)26(32)30)18-9-5-4-6-10-18/h4-15,22H,30H2,1-3H3. The fraction of sp³-hybridized carbons (Fsp3) is 0.143. The van der Waals surface area contributed by atoms with Gasteiger partial charge < -0.3 is 15.2 Å². The number of aromatic nitrogens is 1. The first kappa shape index (κ1) is 24.2. The van der Waals surface area contributed by atoms with Crippen molar-refractivity contribution in [1.29, 1.82) is 5.26 Å². The molecule has 8 heteroatoms. The smallest absolute Gasteiger partial charge is 0.355 e. The zero-order valence-corrected chi connectivity index (χ0v) is 20.1. The van der Waals surface area contributed by atoms with E-state index in [1.54, 1.807) is 42.6 Å². The third kappa shape index (κ3) is 4.18. The Kier molecular flexibility index (Phi) is 6.84. The molecule has 0 amide bonds. The van der Waals surface area contributed by atoms with E-state index in [1.807, 2.05) is 37.3 Å². The number of pyridine rings is 1. The van der Waals surface area contributed by atoms with Crippen LogP contribution in [0.3, 0.4) is 0 Å². The summed E-state index contributed by atoms with van der Waals surface area (Å²) in [7, 11) is 2.43. The van der Waals surface area contributed by atoms with E-state index in [2.05, 4.69) is 11.1 Å². The minimum Gasteiger partial charge on any atom is -0.466 e. The van der Waals surface area contributed by atoms with Gasteiger partial charge in [-0.25, -0.2) is 9.59 Å². The molecule has 0 aliphatic carbocycles. The van der Waals surface area contributed by atoms with Crippen LogP contribution in [0, 0.1) is 18.3 Å². The molecule has 4 rings (SSSR count). The second-order valence-electron chi connectivity index (χ2n) is 8.05. The van der Waals surface area contributed by atoms with Crippen LogP contribution in [-0.4, -0.2) is 31.1 Å². The highest BCUT2D eigenvalue weighted by Gasteiger charge is 2.42. The summed E-state index contributed by atoms with van der Waals surface area (Å²) in [4.78, 5) is 32.0. The predicted molar refractivity (Wildman–Crippen MR) is 134 cm³/mol. The van der Waals surface area contributed by atoms with Crippen molar-refractivity contribution >= 4 is 17.6 Å². The van der Waals surface area contributed by atoms with E-state index in [0.717, 1.165) is 16.8 Å². The van der Waals surface area contributed by atoms with E-state index in [-0.39, 0.29) is 22.7 Å². The first-order chi connectivity index (χ1) is 17.4. The van der Waals surface area contributed by atoms with Crippen LogP contribution in [0.15, 0.2) is 95.6 Å². The van der Waals surface area contributed by atoms with Gasteiger partial charge in [-0.3, -0.25) is 9.88 Å². The van der Waals surface area contributed by atoms with Crippen molar-refractivity contribution in [3.63, 3.8) is 0 Å². The number of methoxy groups -OCH3 is 2. The van der Waals surface area contributed by atoms with E-state index in [9.17, 15) is 14.9 Å². The lowest BCUT2D eigenvalue weighted by molar-refractivity contribution is -0.139. The maximum Gasteiger partial charge on any atom is 0.355 e. The highest BCUT2D eigenvalue weighted by molar-refractivity contribution is 6.06. The molecule has 0 bridgehead atoms. The van der Waals surface area contributed by atoms with Crippen LogP contribution in [-0.2, 0) is 19.1 Å². The van der Waals surface area contributed by atoms with Crippen LogP contribution in [0.1, 0.15) is 17.0 Å². The van der Waals surface area contributed by atoms with Crippen molar-refractivity contribution in [2.24, 2.45) is 5.73 Å². The normalized spacial score (nSPS) is 15.4. The first-order valence-electron chi connectivity index (χ1n) is 11.1. The molecule has 2 N–H and O–H groups in total. The largest absolute Gasteiger partial charge is 0.466 e. The maximum absolute atomic E-state index is 13.1. The summed E-state index contributed by atoms with van der Waals surface area (Å²) in [6.45, 7) is 1.96. The van der Waals surface area contributed by atoms with E-state index in [4.69, 9.17) is 15.2 Å². The Morgan fingerprint density at radius 3 is 2.22 bits per heavy atom. The number of allylic oxidation sites excluding steroid dienone is 1. The van der Waals surface area contributed by atoms with Gasteiger partial charge in [0, 0.05) is 17.4 Å². The molecule has 2 heterocycles. The molecule has 1 aliphatic heterocycles. The van der Waals surface area contributed by atoms with Crippen LogP contribution in [0.25, 0.3) is 11.3 Å². The van der Waals surface area contributed by atoms with Gasteiger partial charge in [-0.15, -0.1) is 0 Å². The summed E-state index contributed by atoms with van der Waals surface area (Å²) >= 11 is 0. The lowest BCUT2D eigenvalue weighted by Crippen LogP contribution is -2.40. The van der Waals surface area contributed by atoms with Gasteiger partial charge in [-0.1, -0.05) is 48.5 Å². The van der Waals surface area contributed by atoms with Gasteiger partial charge >= 0.3 is 11.9 Å². The topological polar surface area (TPSA) is 119 Å². The number of nitrogens with zero attached hydrogens (tertiary/aromatic N) is 3. The van der Waals surface area contributed by atoms with Crippen molar-refractivity contribution in [3.8, 4) is 17.3 Å². The molecule has 2 aromatic carbocycles. The molecule has 1 aromatic heterocycles. The monoisotopic (exact) mass is 480 g/mol. The van der Waals surface area contributed by atoms with Crippen molar-refractivity contribution in [2.75, 3.05) is 19.1 Å². The number of rotatable bonds is 5. The Bertz CT molecular complexity index is 1420. The summed E-state index contributed by atoms with van der Waals surface area (Å²) in [6, 6.07) is 22.0. The summed E-state index contributed by atoms with van der Waals surface area (Å²) < 4.78 is 10.1. The van der Waals surface area contributed by atoms with Crippen LogP contribution in [0.4, 0.5) is 5.69 Å². The van der Waals surface area contributed by atoms with Crippen molar-refractivity contribution < 1.29 is 19.1 Å². The number of benzene rings is 2. The fourth-order valence-electron chi connectivity index (χ4n) is 4.34. The van der Waals surface area contributed by atoms with Crippen LogP contribution in [0.5, 0.6) is 0 Å². The third-order valence-electron chi connectivity index (χ3n) is 6.02. The highest BCUT2D eigenvalue weighted by atomic mass is 16.5. The summed E-state index contributed by atoms with van der Waals surface area (Å²) in [5, 5.41) is 10.1. The Morgan fingerprint density at radius 1 is 0.972 bits per heavy atom. The number of nitriles is 1. The summed E-state index contributed by atoms with van der Waals surface area (Å²) in [5.74, 6) is -2.46. The van der Waals surface area contributed by atoms with Gasteiger partial charge in [0.25, 0.3) is 0 Å². The average molecular weight is 481 g/mol. The Morgan fingerprint density at radius 2 is 1.64 bits per heavy atom. The number of nitrogens with two attached hydrogens (primary N) is 1. The lowest BCUT2D eigenvalue weighted by Gasteiger charge is -2.35. The average Bonchev–Trinajstić information content (AvgIpc) is 2.92. The van der Waals surface area contributed by atoms with Gasteiger partial charge in [0.05, 0.1) is 43.0 Å². The number of carbonyl (C=O) groups excluding carboxylic acids is 2. The molecule has 0 radical (unpaired) electrons. The molecule has 180 valence electrons. The SMILES string of the molecule is COC(=O)C1=C(C(=O)OC)N(c2ccc(-c3ncccc3C)cc2)C(N)=C(C#N)C1c1ccccc1. The van der Waals surface area contributed by atoms with E-state index in [0.29, 0.717) is 11.3 Å². The van der Waals surface area contributed by atoms with Gasteiger partial charge in [-0.05, 0) is 36.2 Å². The minimum atomic E-state index is -0.913. The van der Waals surface area contributed by atoms with Gasteiger partial charge in [0.15, 0.2) is 0 Å². The third-order valence-corrected chi connectivity index (χ3v) is 6.02. The summed E-state index contributed by atoms with van der Waals surface area (Å²) in [5.41, 5.74) is 10.2. The quantitative estimate of drug-likeness (QED) is 0.545. The van der Waals surface area contributed by atoms with Crippen LogP contribution in [0.2, 0.25) is 0 Å². The number of hydrogen-bond donors (Lipinski definition) is 1. The molecule has 1 aliphatic rings. The molecule has 0 fully saturated rings. The Hall–Kier alpha value is -4.90. The molecular weight excluding hydrogens is 456 g/mol. The Balaban J connectivity index is 1.95. The molecule has 1 atom stereocenters. The van der Waals surface area contributed by atoms with E-state index >= 15 is 0 Å². The molecular formula is C28H24N4O4. The second kappa shape index (κ2) is 10.2. The van der Waals surface area contributed by atoms with Crippen LogP contribution >= 0.6 is 0 Å². The molecule has 0 spiro atoms. The first-order valence-corrected chi connectivity index (χ1v) is 11.1. The zero-order chi connectivity index (χ0) is 25.8. The molecule has 0 saturated carbocycles. The van der Waals surface area contributed by atoms with Gasteiger partial charge in [0.1, 0.15) is 11.5 Å². The molecule has 36 heavy (non-hydrogen) atoms. The van der Waals surface area contributed by atoms with Gasteiger partial charge in [0.2, 0.25) is 0 Å². The molecule has 0 saturated heterocycles. The molecule has 1 unspecified atom stereocenters. The summed E-state index contributed by atoms with van der Waals surface area (Å²) in [6.07, 6.45) is 1.71. The maximum atomic E-state index is 13.1. The zero-order valence-electron chi connectivity index (χ0n) is 20.1. The van der Waals surface area contributed by atoms with Crippen LogP contribution < -0.4 is 10.6 Å². The number of hydrogen-bond acceptors (Lipinski definition) is 8. The minimum absolute atomic E-state index is 0.0150. The molecule has 8 nitrogen and oxygen atoms in total. The van der Waals surface area contributed by atoms with Gasteiger partial charge in [-0.2, -0.15) is 5.26 Å². The Labute approximate surface area is 208 Å². The predicted octanol–water partition coefficient (Wildman–Crippen LogP) is 3.95. The fourth-order valence-corrected chi connectivity index (χ4v) is 4.34.